The number of thiophene rings is 1. The Morgan fingerprint density at radius 1 is 1.47 bits per heavy atom. The molecule has 1 aromatic rings. The van der Waals surface area contributed by atoms with Gasteiger partial charge in [-0.3, -0.25) is 0 Å². The first-order chi connectivity index (χ1) is 8.79. The van der Waals surface area contributed by atoms with Gasteiger partial charge in [0.15, 0.2) is 0 Å². The van der Waals surface area contributed by atoms with E-state index in [1.54, 1.807) is 6.07 Å². The summed E-state index contributed by atoms with van der Waals surface area (Å²) in [4.78, 5) is 1.10. The lowest BCUT2D eigenvalue weighted by Gasteiger charge is -2.06. The molecule has 6 heteroatoms. The molecular weight excluding hydrogens is 280 g/mol. The monoisotopic (exact) mass is 302 g/mol. The predicted molar refractivity (Wildman–Crippen MR) is 78.9 cm³/mol. The Bertz CT molecular complexity index is 549. The first kappa shape index (κ1) is 15.0. The van der Waals surface area contributed by atoms with Crippen molar-refractivity contribution < 1.29 is 8.42 Å². The molecule has 1 aliphatic rings. The Morgan fingerprint density at radius 2 is 2.11 bits per heavy atom. The third-order valence-corrected chi connectivity index (χ3v) is 6.55. The molecule has 0 spiro atoms. The van der Waals surface area contributed by atoms with Gasteiger partial charge in [0.05, 0.1) is 0 Å². The third-order valence-electron chi connectivity index (χ3n) is 3.35. The van der Waals surface area contributed by atoms with E-state index in [0.29, 0.717) is 16.2 Å². The van der Waals surface area contributed by atoms with Crippen molar-refractivity contribution in [2.75, 3.05) is 0 Å². The van der Waals surface area contributed by atoms with Crippen molar-refractivity contribution in [3.8, 4) is 0 Å². The second-order valence-electron chi connectivity index (χ2n) is 5.65. The number of nitrogens with one attached hydrogen (secondary N) is 2. The second-order valence-corrected chi connectivity index (χ2v) is 8.73. The smallest absolute Gasteiger partial charge is 0.250 e. The number of hydrogen-bond acceptors (Lipinski definition) is 4. The van der Waals surface area contributed by atoms with Crippen LogP contribution >= 0.6 is 11.3 Å². The summed E-state index contributed by atoms with van der Waals surface area (Å²) < 4.78 is 27.6. The van der Waals surface area contributed by atoms with Crippen LogP contribution in [0.2, 0.25) is 0 Å². The maximum atomic E-state index is 12.2. The second kappa shape index (κ2) is 5.52. The largest absolute Gasteiger partial charge is 0.310 e. The van der Waals surface area contributed by atoms with Crippen molar-refractivity contribution in [3.05, 3.63) is 16.5 Å². The van der Waals surface area contributed by atoms with Gasteiger partial charge in [-0.2, -0.15) is 0 Å². The van der Waals surface area contributed by atoms with Crippen LogP contribution in [0.15, 0.2) is 10.3 Å². The van der Waals surface area contributed by atoms with Crippen molar-refractivity contribution in [2.45, 2.75) is 57.0 Å². The van der Waals surface area contributed by atoms with Crippen LogP contribution in [0.1, 0.15) is 37.6 Å². The molecule has 1 saturated carbocycles. The lowest BCUT2D eigenvalue weighted by molar-refractivity contribution is 0.580. The third kappa shape index (κ3) is 3.78. The van der Waals surface area contributed by atoms with Crippen LogP contribution < -0.4 is 10.0 Å². The van der Waals surface area contributed by atoms with Gasteiger partial charge < -0.3 is 5.32 Å². The Labute approximate surface area is 119 Å². The molecule has 1 fully saturated rings. The molecule has 0 bridgehead atoms. The van der Waals surface area contributed by atoms with E-state index in [0.717, 1.165) is 23.4 Å². The minimum Gasteiger partial charge on any atom is -0.310 e. The van der Waals surface area contributed by atoms with Crippen LogP contribution in [0.25, 0.3) is 0 Å². The van der Waals surface area contributed by atoms with E-state index in [9.17, 15) is 8.42 Å². The summed E-state index contributed by atoms with van der Waals surface area (Å²) in [5.41, 5.74) is 1.04. The molecule has 2 N–H and O–H groups in total. The maximum absolute atomic E-state index is 12.2. The molecule has 2 unspecified atom stereocenters. The summed E-state index contributed by atoms with van der Waals surface area (Å²) in [5.74, 6) is 0.470. The van der Waals surface area contributed by atoms with Crippen LogP contribution in [0, 0.1) is 12.8 Å². The fraction of sp³-hybridized carbons (Fsp3) is 0.692. The summed E-state index contributed by atoms with van der Waals surface area (Å²) in [6, 6.07) is 2.30. The summed E-state index contributed by atoms with van der Waals surface area (Å²) in [7, 11) is -3.33. The van der Waals surface area contributed by atoms with E-state index in [1.165, 1.54) is 11.3 Å². The Morgan fingerprint density at radius 3 is 2.63 bits per heavy atom. The molecule has 19 heavy (non-hydrogen) atoms. The number of aryl methyl sites for hydroxylation is 1. The molecule has 1 heterocycles. The fourth-order valence-electron chi connectivity index (χ4n) is 1.84. The van der Waals surface area contributed by atoms with E-state index >= 15 is 0 Å². The molecule has 108 valence electrons. The normalized spacial score (nSPS) is 23.0. The van der Waals surface area contributed by atoms with Crippen molar-refractivity contribution in [2.24, 2.45) is 5.92 Å². The predicted octanol–water partition coefficient (Wildman–Crippen LogP) is 2.24. The maximum Gasteiger partial charge on any atom is 0.250 e. The summed E-state index contributed by atoms with van der Waals surface area (Å²) >= 11 is 1.37. The Hall–Kier alpha value is -0.430. The zero-order chi connectivity index (χ0) is 14.2. The summed E-state index contributed by atoms with van der Waals surface area (Å²) in [6.45, 7) is 8.91. The Balaban J connectivity index is 2.10. The lowest BCUT2D eigenvalue weighted by Crippen LogP contribution is -2.26. The van der Waals surface area contributed by atoms with E-state index in [1.807, 2.05) is 6.92 Å². The van der Waals surface area contributed by atoms with Gasteiger partial charge in [0.1, 0.15) is 4.21 Å². The standard InChI is InChI=1S/C13H22N2O2S2/c1-8(2)14-7-12-10(4)6-13(18-12)19(16,17)15-11-5-9(11)3/h6,8-9,11,14-15H,5,7H2,1-4H3. The molecule has 4 nitrogen and oxygen atoms in total. The van der Waals surface area contributed by atoms with Crippen LogP contribution in [-0.4, -0.2) is 20.5 Å². The van der Waals surface area contributed by atoms with Gasteiger partial charge in [-0.15, -0.1) is 11.3 Å². The molecule has 2 atom stereocenters. The van der Waals surface area contributed by atoms with Gasteiger partial charge in [0, 0.05) is 23.5 Å². The zero-order valence-electron chi connectivity index (χ0n) is 11.9. The molecular formula is C13H22N2O2S2. The number of rotatable bonds is 6. The first-order valence-corrected chi connectivity index (χ1v) is 8.94. The average Bonchev–Trinajstić information content (AvgIpc) is 2.83. The topological polar surface area (TPSA) is 58.2 Å². The van der Waals surface area contributed by atoms with Gasteiger partial charge in [0.25, 0.3) is 0 Å². The first-order valence-electron chi connectivity index (χ1n) is 6.64. The van der Waals surface area contributed by atoms with E-state index in [-0.39, 0.29) is 6.04 Å². The molecule has 2 rings (SSSR count). The molecule has 0 saturated heterocycles. The summed E-state index contributed by atoms with van der Waals surface area (Å²) in [5, 5.41) is 3.32. The average molecular weight is 302 g/mol. The number of hydrogen-bond donors (Lipinski definition) is 2. The highest BCUT2D eigenvalue weighted by molar-refractivity contribution is 7.91. The molecule has 0 aromatic carbocycles. The van der Waals surface area contributed by atoms with E-state index in [4.69, 9.17) is 0 Å². The van der Waals surface area contributed by atoms with Gasteiger partial charge in [-0.1, -0.05) is 20.8 Å². The molecule has 1 aliphatic carbocycles. The molecule has 1 aromatic heterocycles. The van der Waals surface area contributed by atoms with Crippen molar-refractivity contribution in [1.82, 2.24) is 10.0 Å². The van der Waals surface area contributed by atoms with Gasteiger partial charge in [-0.05, 0) is 30.9 Å². The van der Waals surface area contributed by atoms with Gasteiger partial charge >= 0.3 is 0 Å². The summed E-state index contributed by atoms with van der Waals surface area (Å²) in [6.07, 6.45) is 0.950. The van der Waals surface area contributed by atoms with Crippen molar-refractivity contribution in [3.63, 3.8) is 0 Å². The van der Waals surface area contributed by atoms with Crippen LogP contribution in [0.3, 0.4) is 0 Å². The van der Waals surface area contributed by atoms with Crippen molar-refractivity contribution in [1.29, 1.82) is 0 Å². The highest BCUT2D eigenvalue weighted by Crippen LogP contribution is 2.32. The zero-order valence-corrected chi connectivity index (χ0v) is 13.5. The van der Waals surface area contributed by atoms with Crippen molar-refractivity contribution >= 4 is 21.4 Å². The van der Waals surface area contributed by atoms with Crippen LogP contribution in [0.5, 0.6) is 0 Å². The van der Waals surface area contributed by atoms with Crippen LogP contribution in [-0.2, 0) is 16.6 Å². The quantitative estimate of drug-likeness (QED) is 0.847. The van der Waals surface area contributed by atoms with Gasteiger partial charge in [-0.25, -0.2) is 13.1 Å². The SMILES string of the molecule is Cc1cc(S(=O)(=O)NC2CC2C)sc1CNC(C)C. The van der Waals surface area contributed by atoms with E-state index < -0.39 is 10.0 Å². The highest BCUT2D eigenvalue weighted by Gasteiger charge is 2.37. The van der Waals surface area contributed by atoms with Gasteiger partial charge in [0.2, 0.25) is 10.0 Å². The van der Waals surface area contributed by atoms with E-state index in [2.05, 4.69) is 30.8 Å². The molecule has 0 radical (unpaired) electrons. The number of sulfonamides is 1. The molecule has 0 aliphatic heterocycles. The Kier molecular flexibility index (Phi) is 4.35. The fourth-order valence-corrected chi connectivity index (χ4v) is 4.75. The minimum absolute atomic E-state index is 0.129. The highest BCUT2D eigenvalue weighted by atomic mass is 32.2. The van der Waals surface area contributed by atoms with Crippen LogP contribution in [0.4, 0.5) is 0 Å². The minimum atomic E-state index is -3.33. The molecule has 0 amide bonds. The lowest BCUT2D eigenvalue weighted by atomic mass is 10.3.